The molecule has 0 saturated heterocycles. The van der Waals surface area contributed by atoms with Crippen molar-refractivity contribution in [2.75, 3.05) is 13.0 Å². The predicted molar refractivity (Wildman–Crippen MR) is 79.5 cm³/mol. The Balaban J connectivity index is 2.60. The van der Waals surface area contributed by atoms with Crippen LogP contribution in [0.4, 0.5) is 0 Å². The van der Waals surface area contributed by atoms with E-state index in [9.17, 15) is 9.59 Å². The summed E-state index contributed by atoms with van der Waals surface area (Å²) in [4.78, 5) is 24.1. The summed E-state index contributed by atoms with van der Waals surface area (Å²) in [7, 11) is 1.35. The second-order valence-corrected chi connectivity index (χ2v) is 5.49. The van der Waals surface area contributed by atoms with Gasteiger partial charge in [-0.05, 0) is 31.4 Å². The molecule has 4 nitrogen and oxygen atoms in total. The molecule has 0 N–H and O–H groups in total. The summed E-state index contributed by atoms with van der Waals surface area (Å²) >= 11 is 6.93. The molecule has 2 heterocycles. The first-order valence-corrected chi connectivity index (χ1v) is 7.37. The molecule has 0 spiro atoms. The number of thiophene rings is 1. The number of Topliss-reactive ketones (excluding diaryl/α,β-unsaturated/α-hetero) is 1. The first-order valence-electron chi connectivity index (χ1n) is 5.95. The lowest BCUT2D eigenvalue weighted by Crippen LogP contribution is -2.08. The number of halogens is 1. The summed E-state index contributed by atoms with van der Waals surface area (Å²) in [5, 5.41) is 1.82. The van der Waals surface area contributed by atoms with E-state index in [2.05, 4.69) is 0 Å². The average Bonchev–Trinajstić information content (AvgIpc) is 3.01. The number of nitrogens with zero attached hydrogens (tertiary/aromatic N) is 1. The molecule has 0 aliphatic rings. The molecule has 0 amide bonds. The van der Waals surface area contributed by atoms with Crippen LogP contribution in [0.2, 0.25) is 0 Å². The van der Waals surface area contributed by atoms with Crippen molar-refractivity contribution < 1.29 is 14.3 Å². The minimum Gasteiger partial charge on any atom is -0.465 e. The number of carbonyl (C=O) groups excluding carboxylic acids is 2. The van der Waals surface area contributed by atoms with Crippen LogP contribution in [0.1, 0.15) is 31.4 Å². The minimum atomic E-state index is -0.382. The summed E-state index contributed by atoms with van der Waals surface area (Å²) in [6.07, 6.45) is 0. The zero-order valence-electron chi connectivity index (χ0n) is 11.4. The molecular formula is C14H14ClNO3S. The van der Waals surface area contributed by atoms with Crippen LogP contribution >= 0.6 is 22.9 Å². The van der Waals surface area contributed by atoms with Gasteiger partial charge in [-0.1, -0.05) is 0 Å². The Morgan fingerprint density at radius 3 is 2.70 bits per heavy atom. The van der Waals surface area contributed by atoms with Crippen LogP contribution in [0.25, 0.3) is 5.69 Å². The monoisotopic (exact) mass is 311 g/mol. The molecule has 0 aromatic carbocycles. The van der Waals surface area contributed by atoms with Gasteiger partial charge in [-0.25, -0.2) is 4.79 Å². The van der Waals surface area contributed by atoms with Gasteiger partial charge >= 0.3 is 5.97 Å². The first-order chi connectivity index (χ1) is 9.51. The quantitative estimate of drug-likeness (QED) is 0.494. The smallest absolute Gasteiger partial charge is 0.350 e. The summed E-state index contributed by atoms with van der Waals surface area (Å²) in [6, 6.07) is 3.63. The van der Waals surface area contributed by atoms with E-state index in [0.717, 1.165) is 17.1 Å². The molecule has 2 aromatic heterocycles. The number of aryl methyl sites for hydroxylation is 1. The van der Waals surface area contributed by atoms with Gasteiger partial charge in [0.1, 0.15) is 4.88 Å². The molecule has 0 aliphatic heterocycles. The molecule has 2 aromatic rings. The zero-order chi connectivity index (χ0) is 14.9. The highest BCUT2D eigenvalue weighted by molar-refractivity contribution is 7.12. The third-order valence-corrected chi connectivity index (χ3v) is 4.24. The summed E-state index contributed by atoms with van der Waals surface area (Å²) in [6.45, 7) is 3.72. The standard InChI is InChI=1S/C14H14ClNO3S/c1-8-6-10(12(17)7-15)9(2)16(8)11-4-5-20-13(11)14(18)19-3/h4-6H,7H2,1-3H3. The number of methoxy groups -OCH3 is 1. The first kappa shape index (κ1) is 14.8. The molecule has 0 unspecified atom stereocenters. The van der Waals surface area contributed by atoms with E-state index in [1.54, 1.807) is 6.07 Å². The number of aromatic nitrogens is 1. The van der Waals surface area contributed by atoms with E-state index in [0.29, 0.717) is 10.4 Å². The Hall–Kier alpha value is -1.59. The largest absolute Gasteiger partial charge is 0.465 e. The molecule has 20 heavy (non-hydrogen) atoms. The van der Waals surface area contributed by atoms with Gasteiger partial charge in [-0.15, -0.1) is 22.9 Å². The summed E-state index contributed by atoms with van der Waals surface area (Å²) < 4.78 is 6.66. The molecule has 6 heteroatoms. The van der Waals surface area contributed by atoms with Crippen molar-refractivity contribution in [3.05, 3.63) is 39.3 Å². The highest BCUT2D eigenvalue weighted by Gasteiger charge is 2.21. The lowest BCUT2D eigenvalue weighted by atomic mass is 10.2. The maximum atomic E-state index is 11.8. The van der Waals surface area contributed by atoms with E-state index in [1.165, 1.54) is 18.4 Å². The van der Waals surface area contributed by atoms with E-state index in [1.807, 2.05) is 29.9 Å². The Morgan fingerprint density at radius 2 is 2.10 bits per heavy atom. The maximum absolute atomic E-state index is 11.8. The van der Waals surface area contributed by atoms with Crippen molar-refractivity contribution in [3.8, 4) is 5.69 Å². The Kier molecular flexibility index (Phi) is 4.30. The predicted octanol–water partition coefficient (Wildman–Crippen LogP) is 3.36. The summed E-state index contributed by atoms with van der Waals surface area (Å²) in [5.41, 5.74) is 2.96. The fourth-order valence-electron chi connectivity index (χ4n) is 2.21. The van der Waals surface area contributed by atoms with Crippen LogP contribution in [-0.2, 0) is 4.74 Å². The number of rotatable bonds is 4. The highest BCUT2D eigenvalue weighted by atomic mass is 35.5. The van der Waals surface area contributed by atoms with E-state index in [-0.39, 0.29) is 17.6 Å². The van der Waals surface area contributed by atoms with Crippen LogP contribution in [0.15, 0.2) is 17.5 Å². The molecule has 2 rings (SSSR count). The van der Waals surface area contributed by atoms with Gasteiger partial charge in [0.05, 0.1) is 18.7 Å². The molecule has 106 valence electrons. The molecule has 0 saturated carbocycles. The zero-order valence-corrected chi connectivity index (χ0v) is 13.0. The van der Waals surface area contributed by atoms with Crippen LogP contribution < -0.4 is 0 Å². The van der Waals surface area contributed by atoms with Crippen molar-refractivity contribution in [1.82, 2.24) is 4.57 Å². The summed E-state index contributed by atoms with van der Waals surface area (Å²) in [5.74, 6) is -0.564. The number of ether oxygens (including phenoxy) is 1. The van der Waals surface area contributed by atoms with E-state index in [4.69, 9.17) is 16.3 Å². The third-order valence-electron chi connectivity index (χ3n) is 3.11. The minimum absolute atomic E-state index is 0.0577. The van der Waals surface area contributed by atoms with Crippen LogP contribution in [0, 0.1) is 13.8 Å². The lowest BCUT2D eigenvalue weighted by molar-refractivity contribution is 0.0606. The van der Waals surface area contributed by atoms with Crippen LogP contribution in [0.5, 0.6) is 0 Å². The number of hydrogen-bond acceptors (Lipinski definition) is 4. The highest BCUT2D eigenvalue weighted by Crippen LogP contribution is 2.27. The third kappa shape index (κ3) is 2.39. The molecule has 0 bridgehead atoms. The topological polar surface area (TPSA) is 48.3 Å². The van der Waals surface area contributed by atoms with Gasteiger partial charge in [0.25, 0.3) is 0 Å². The van der Waals surface area contributed by atoms with Crippen LogP contribution in [0.3, 0.4) is 0 Å². The lowest BCUT2D eigenvalue weighted by Gasteiger charge is -2.09. The van der Waals surface area contributed by atoms with E-state index < -0.39 is 0 Å². The molecule has 0 fully saturated rings. The van der Waals surface area contributed by atoms with Gasteiger partial charge in [0.15, 0.2) is 5.78 Å². The van der Waals surface area contributed by atoms with Crippen molar-refractivity contribution in [2.24, 2.45) is 0 Å². The SMILES string of the molecule is COC(=O)c1sccc1-n1c(C)cc(C(=O)CCl)c1C. The average molecular weight is 312 g/mol. The normalized spacial score (nSPS) is 10.6. The van der Waals surface area contributed by atoms with E-state index >= 15 is 0 Å². The number of alkyl halides is 1. The molecular weight excluding hydrogens is 298 g/mol. The number of esters is 1. The van der Waals surface area contributed by atoms with Gasteiger partial charge in [0.2, 0.25) is 0 Å². The Bertz CT molecular complexity index is 672. The second kappa shape index (κ2) is 5.81. The van der Waals surface area contributed by atoms with Gasteiger partial charge in [-0.2, -0.15) is 0 Å². The molecule has 0 aliphatic carbocycles. The fraction of sp³-hybridized carbons (Fsp3) is 0.286. The van der Waals surface area contributed by atoms with Crippen molar-refractivity contribution in [3.63, 3.8) is 0 Å². The maximum Gasteiger partial charge on any atom is 0.350 e. The van der Waals surface area contributed by atoms with Crippen molar-refractivity contribution >= 4 is 34.7 Å². The van der Waals surface area contributed by atoms with Crippen molar-refractivity contribution in [2.45, 2.75) is 13.8 Å². The number of hydrogen-bond donors (Lipinski definition) is 0. The molecule has 0 radical (unpaired) electrons. The Labute approximate surface area is 125 Å². The van der Waals surface area contributed by atoms with Crippen LogP contribution in [-0.4, -0.2) is 29.3 Å². The number of carbonyl (C=O) groups is 2. The van der Waals surface area contributed by atoms with Gasteiger partial charge in [0, 0.05) is 17.0 Å². The fourth-order valence-corrected chi connectivity index (χ4v) is 3.15. The Morgan fingerprint density at radius 1 is 1.40 bits per heavy atom. The van der Waals surface area contributed by atoms with Gasteiger partial charge < -0.3 is 9.30 Å². The second-order valence-electron chi connectivity index (χ2n) is 4.30. The number of ketones is 1. The van der Waals surface area contributed by atoms with Gasteiger partial charge in [-0.3, -0.25) is 4.79 Å². The molecule has 0 atom stereocenters. The van der Waals surface area contributed by atoms with Crippen molar-refractivity contribution in [1.29, 1.82) is 0 Å².